The van der Waals surface area contributed by atoms with Crippen LogP contribution in [0.25, 0.3) is 11.1 Å². The number of aliphatic carboxylic acids is 1. The van der Waals surface area contributed by atoms with Gasteiger partial charge in [-0.3, -0.25) is 9.80 Å². The molecule has 9 heteroatoms. The molecule has 202 valence electrons. The van der Waals surface area contributed by atoms with Crippen molar-refractivity contribution in [2.45, 2.75) is 59.2 Å². The van der Waals surface area contributed by atoms with Crippen molar-refractivity contribution in [1.82, 2.24) is 0 Å². The molecule has 0 aromatic heterocycles. The quantitative estimate of drug-likeness (QED) is 0.329. The summed E-state index contributed by atoms with van der Waals surface area (Å²) in [6.07, 6.45) is -5.45. The summed E-state index contributed by atoms with van der Waals surface area (Å²) >= 11 is 0. The predicted octanol–water partition coefficient (Wildman–Crippen LogP) is 7.84. The fourth-order valence-electron chi connectivity index (χ4n) is 4.35. The number of rotatable bonds is 6. The van der Waals surface area contributed by atoms with E-state index in [1.807, 2.05) is 20.8 Å². The molecular weight excluding hydrogens is 503 g/mol. The van der Waals surface area contributed by atoms with Crippen molar-refractivity contribution in [3.8, 4) is 11.1 Å². The number of anilines is 1. The second kappa shape index (κ2) is 11.8. The van der Waals surface area contributed by atoms with Crippen LogP contribution in [0.5, 0.6) is 0 Å². The Morgan fingerprint density at radius 1 is 1.00 bits per heavy atom. The highest BCUT2D eigenvalue weighted by Crippen LogP contribution is 2.33. The van der Waals surface area contributed by atoms with Crippen LogP contribution in [-0.4, -0.2) is 29.0 Å². The average molecular weight is 533 g/mol. The molecule has 3 aromatic carbocycles. The van der Waals surface area contributed by atoms with E-state index in [9.17, 15) is 22.4 Å². The zero-order valence-corrected chi connectivity index (χ0v) is 21.5. The molecular formula is C29H29F5N2O2. The van der Waals surface area contributed by atoms with E-state index in [0.717, 1.165) is 10.6 Å². The first-order chi connectivity index (χ1) is 17.9. The van der Waals surface area contributed by atoms with Gasteiger partial charge < -0.3 is 5.11 Å². The van der Waals surface area contributed by atoms with Crippen LogP contribution in [0.2, 0.25) is 0 Å². The normalized spacial score (nSPS) is 15.1. The number of nitrogens with zero attached hydrogens (tertiary/aromatic N) is 2. The molecule has 1 aliphatic heterocycles. The van der Waals surface area contributed by atoms with Crippen LogP contribution in [0.15, 0.2) is 59.7 Å². The number of alkyl halides is 3. The Kier molecular flexibility index (Phi) is 8.91. The Labute approximate surface area is 218 Å². The Morgan fingerprint density at radius 2 is 1.66 bits per heavy atom. The van der Waals surface area contributed by atoms with Gasteiger partial charge in [0.2, 0.25) is 0 Å². The first-order valence-electron chi connectivity index (χ1n) is 12.2. The first-order valence-corrected chi connectivity index (χ1v) is 12.2. The van der Waals surface area contributed by atoms with Crippen LogP contribution in [0.4, 0.5) is 27.6 Å². The maximum atomic E-state index is 15.1. The van der Waals surface area contributed by atoms with Gasteiger partial charge >= 0.3 is 12.1 Å². The van der Waals surface area contributed by atoms with Gasteiger partial charge in [-0.15, -0.1) is 0 Å². The van der Waals surface area contributed by atoms with E-state index in [4.69, 9.17) is 5.11 Å². The Balaban J connectivity index is 0.00000195. The number of carboxylic acid groups (broad SMARTS) is 1. The highest BCUT2D eigenvalue weighted by atomic mass is 19.4. The number of hydrazone groups is 1. The highest BCUT2D eigenvalue weighted by molar-refractivity contribution is 5.94. The number of hydrogen-bond donors (Lipinski definition) is 1. The third-order valence-electron chi connectivity index (χ3n) is 6.17. The van der Waals surface area contributed by atoms with Crippen molar-refractivity contribution < 1.29 is 31.9 Å². The molecule has 1 heterocycles. The molecule has 0 saturated heterocycles. The molecule has 0 aliphatic carbocycles. The van der Waals surface area contributed by atoms with Gasteiger partial charge in [0.1, 0.15) is 17.3 Å². The van der Waals surface area contributed by atoms with Crippen molar-refractivity contribution >= 4 is 17.4 Å². The lowest BCUT2D eigenvalue weighted by Gasteiger charge is -2.22. The fourth-order valence-corrected chi connectivity index (χ4v) is 4.35. The average Bonchev–Trinajstić information content (AvgIpc) is 3.28. The van der Waals surface area contributed by atoms with Gasteiger partial charge in [-0.25, -0.2) is 8.78 Å². The number of carboxylic acids is 1. The van der Waals surface area contributed by atoms with Gasteiger partial charge in [-0.1, -0.05) is 43.7 Å². The van der Waals surface area contributed by atoms with Crippen LogP contribution in [-0.2, 0) is 11.2 Å². The molecule has 0 bridgehead atoms. The minimum atomic E-state index is -4.64. The third-order valence-corrected chi connectivity index (χ3v) is 6.17. The minimum absolute atomic E-state index is 0.212. The van der Waals surface area contributed by atoms with Crippen molar-refractivity contribution in [3.63, 3.8) is 0 Å². The molecule has 3 aromatic rings. The van der Waals surface area contributed by atoms with Crippen LogP contribution >= 0.6 is 0 Å². The van der Waals surface area contributed by atoms with Crippen molar-refractivity contribution in [1.29, 1.82) is 0 Å². The summed E-state index contributed by atoms with van der Waals surface area (Å²) in [6.45, 7) is 7.56. The van der Waals surface area contributed by atoms with Gasteiger partial charge in [0.25, 0.3) is 0 Å². The number of carbonyl (C=O) groups is 1. The Hall–Kier alpha value is -3.75. The van der Waals surface area contributed by atoms with E-state index in [0.29, 0.717) is 33.5 Å². The fraction of sp³-hybridized carbons (Fsp3) is 0.310. The van der Waals surface area contributed by atoms with E-state index < -0.39 is 48.4 Å². The molecule has 0 saturated carbocycles. The summed E-state index contributed by atoms with van der Waals surface area (Å²) in [5.74, 6) is -2.15. The SMILES string of the molecule is CC.Cc1ccc(F)c(-c2cc(C)c(Cc3ccc(N4N=C(C(F)(F)F)CC4CC(=O)O)cc3)c(F)c2)c1. The minimum Gasteiger partial charge on any atom is -0.481 e. The van der Waals surface area contributed by atoms with Crippen molar-refractivity contribution in [2.24, 2.45) is 5.10 Å². The van der Waals surface area contributed by atoms with E-state index >= 15 is 4.39 Å². The molecule has 4 rings (SSSR count). The molecule has 4 nitrogen and oxygen atoms in total. The molecule has 0 fully saturated rings. The second-order valence-corrected chi connectivity index (χ2v) is 8.92. The standard InChI is InChI=1S/C27H23F5N2O2.C2H6/c1-15-3-8-23(28)22(9-15)18-10-16(2)21(24(29)12-18)11-17-4-6-19(7-5-17)34-20(14-26(35)36)13-25(33-34)27(30,31)32;1-2/h3-10,12,20H,11,13-14H2,1-2H3,(H,35,36);1-2H3. The molecule has 38 heavy (non-hydrogen) atoms. The number of hydrogen-bond acceptors (Lipinski definition) is 3. The second-order valence-electron chi connectivity index (χ2n) is 8.92. The number of benzene rings is 3. The molecule has 1 atom stereocenters. The molecule has 0 spiro atoms. The summed E-state index contributed by atoms with van der Waals surface area (Å²) in [5, 5.41) is 13.8. The van der Waals surface area contributed by atoms with Gasteiger partial charge in [-0.05, 0) is 66.4 Å². The van der Waals surface area contributed by atoms with Crippen LogP contribution in [0.1, 0.15) is 48.9 Å². The van der Waals surface area contributed by atoms with E-state index in [1.165, 1.54) is 24.3 Å². The Bertz CT molecular complexity index is 1310. The summed E-state index contributed by atoms with van der Waals surface area (Å²) < 4.78 is 68.8. The Morgan fingerprint density at radius 3 is 2.24 bits per heavy atom. The summed E-state index contributed by atoms with van der Waals surface area (Å²) in [4.78, 5) is 11.1. The van der Waals surface area contributed by atoms with Gasteiger partial charge in [0, 0.05) is 18.4 Å². The monoisotopic (exact) mass is 532 g/mol. The zero-order chi connectivity index (χ0) is 28.2. The lowest BCUT2D eigenvalue weighted by atomic mass is 9.94. The predicted molar refractivity (Wildman–Crippen MR) is 138 cm³/mol. The van der Waals surface area contributed by atoms with E-state index in [1.54, 1.807) is 37.3 Å². The summed E-state index contributed by atoms with van der Waals surface area (Å²) in [6, 6.07) is 13.1. The number of aryl methyl sites for hydroxylation is 2. The smallest absolute Gasteiger partial charge is 0.431 e. The highest BCUT2D eigenvalue weighted by Gasteiger charge is 2.43. The first kappa shape index (κ1) is 28.8. The van der Waals surface area contributed by atoms with Gasteiger partial charge in [0.15, 0.2) is 0 Å². The molecule has 1 N–H and O–H groups in total. The zero-order valence-electron chi connectivity index (χ0n) is 21.5. The van der Waals surface area contributed by atoms with Crippen LogP contribution in [0, 0.1) is 25.5 Å². The largest absolute Gasteiger partial charge is 0.481 e. The summed E-state index contributed by atoms with van der Waals surface area (Å²) in [5.41, 5.74) is 2.63. The van der Waals surface area contributed by atoms with Crippen molar-refractivity contribution in [3.05, 3.63) is 88.5 Å². The third kappa shape index (κ3) is 6.57. The summed E-state index contributed by atoms with van der Waals surface area (Å²) in [7, 11) is 0. The van der Waals surface area contributed by atoms with Crippen LogP contribution < -0.4 is 5.01 Å². The van der Waals surface area contributed by atoms with Crippen molar-refractivity contribution in [2.75, 3.05) is 5.01 Å². The molecule has 1 unspecified atom stereocenters. The van der Waals surface area contributed by atoms with Crippen LogP contribution in [0.3, 0.4) is 0 Å². The molecule has 0 amide bonds. The maximum Gasteiger partial charge on any atom is 0.431 e. The van der Waals surface area contributed by atoms with Gasteiger partial charge in [-0.2, -0.15) is 18.3 Å². The maximum absolute atomic E-state index is 15.1. The molecule has 1 aliphatic rings. The lowest BCUT2D eigenvalue weighted by Crippen LogP contribution is -2.29. The lowest BCUT2D eigenvalue weighted by molar-refractivity contribution is -0.137. The number of halogens is 5. The van der Waals surface area contributed by atoms with E-state index in [-0.39, 0.29) is 6.42 Å². The molecule has 0 radical (unpaired) electrons. The van der Waals surface area contributed by atoms with Gasteiger partial charge in [0.05, 0.1) is 18.2 Å². The topological polar surface area (TPSA) is 52.9 Å². The van der Waals surface area contributed by atoms with E-state index in [2.05, 4.69) is 5.10 Å².